The number of hydrogen-bond donors (Lipinski definition) is 0. The molecule has 0 N–H and O–H groups in total. The number of amides is 1. The molecule has 1 amide bonds. The summed E-state index contributed by atoms with van der Waals surface area (Å²) in [6.45, 7) is 3.22. The van der Waals surface area contributed by atoms with Gasteiger partial charge in [0.1, 0.15) is 0 Å². The van der Waals surface area contributed by atoms with Gasteiger partial charge in [-0.3, -0.25) is 4.79 Å². The standard InChI is InChI=1S/C20H22N4O4S2/c1-15-2-4-17(5-3-15)30(26,27)24-11-9-23(10-12-24)19(25)7-6-18-21-20(22-28-18)16-8-13-29-14-16/h2-5,8,13-14H,6-7,9-12H2,1H3. The summed E-state index contributed by atoms with van der Waals surface area (Å²) in [5.41, 5.74) is 1.90. The van der Waals surface area contributed by atoms with E-state index in [0.717, 1.165) is 11.1 Å². The van der Waals surface area contributed by atoms with Gasteiger partial charge in [-0.15, -0.1) is 0 Å². The molecule has 0 unspecified atom stereocenters. The molecule has 4 rings (SSSR count). The molecule has 158 valence electrons. The van der Waals surface area contributed by atoms with Crippen LogP contribution < -0.4 is 0 Å². The topological polar surface area (TPSA) is 96.6 Å². The van der Waals surface area contributed by atoms with Crippen LogP contribution in [0.4, 0.5) is 0 Å². The number of sulfonamides is 1. The minimum absolute atomic E-state index is 0.0438. The van der Waals surface area contributed by atoms with Crippen LogP contribution >= 0.6 is 11.3 Å². The largest absolute Gasteiger partial charge is 0.340 e. The number of thiophene rings is 1. The molecule has 8 nitrogen and oxygen atoms in total. The van der Waals surface area contributed by atoms with E-state index in [9.17, 15) is 13.2 Å². The van der Waals surface area contributed by atoms with Crippen molar-refractivity contribution >= 4 is 27.3 Å². The number of piperazine rings is 1. The van der Waals surface area contributed by atoms with E-state index in [4.69, 9.17) is 4.52 Å². The fourth-order valence-corrected chi connectivity index (χ4v) is 5.33. The third-order valence-electron chi connectivity index (χ3n) is 5.05. The number of carbonyl (C=O) groups is 1. The Morgan fingerprint density at radius 2 is 1.87 bits per heavy atom. The van der Waals surface area contributed by atoms with Crippen LogP contribution in [0.15, 0.2) is 50.5 Å². The Labute approximate surface area is 179 Å². The number of aryl methyl sites for hydroxylation is 2. The van der Waals surface area contributed by atoms with Crippen LogP contribution in [0, 0.1) is 6.92 Å². The third kappa shape index (κ3) is 4.45. The highest BCUT2D eigenvalue weighted by Crippen LogP contribution is 2.20. The van der Waals surface area contributed by atoms with E-state index >= 15 is 0 Å². The third-order valence-corrected chi connectivity index (χ3v) is 7.65. The lowest BCUT2D eigenvalue weighted by atomic mass is 10.2. The molecule has 1 fully saturated rings. The zero-order chi connectivity index (χ0) is 21.1. The lowest BCUT2D eigenvalue weighted by Gasteiger charge is -2.34. The maximum Gasteiger partial charge on any atom is 0.243 e. The zero-order valence-corrected chi connectivity index (χ0v) is 18.2. The van der Waals surface area contributed by atoms with Crippen molar-refractivity contribution in [1.82, 2.24) is 19.3 Å². The van der Waals surface area contributed by atoms with Gasteiger partial charge in [0, 0.05) is 50.0 Å². The van der Waals surface area contributed by atoms with Crippen molar-refractivity contribution in [2.45, 2.75) is 24.7 Å². The molecule has 3 aromatic rings. The van der Waals surface area contributed by atoms with Crippen LogP contribution in [0.25, 0.3) is 11.4 Å². The fourth-order valence-electron chi connectivity index (χ4n) is 3.27. The van der Waals surface area contributed by atoms with Gasteiger partial charge < -0.3 is 9.42 Å². The number of rotatable bonds is 6. The molecule has 1 aromatic carbocycles. The van der Waals surface area contributed by atoms with Crippen LogP contribution in [-0.4, -0.2) is 59.8 Å². The van der Waals surface area contributed by atoms with Crippen molar-refractivity contribution < 1.29 is 17.7 Å². The lowest BCUT2D eigenvalue weighted by Crippen LogP contribution is -2.50. The highest BCUT2D eigenvalue weighted by Gasteiger charge is 2.30. The molecular formula is C20H22N4O4S2. The summed E-state index contributed by atoms with van der Waals surface area (Å²) in [5, 5.41) is 7.82. The Balaban J connectivity index is 1.29. The predicted molar refractivity (Wildman–Crippen MR) is 112 cm³/mol. The zero-order valence-electron chi connectivity index (χ0n) is 16.5. The van der Waals surface area contributed by atoms with Gasteiger partial charge in [-0.2, -0.15) is 20.6 Å². The highest BCUT2D eigenvalue weighted by atomic mass is 32.2. The van der Waals surface area contributed by atoms with Crippen molar-refractivity contribution in [3.8, 4) is 11.4 Å². The smallest absolute Gasteiger partial charge is 0.243 e. The van der Waals surface area contributed by atoms with Crippen molar-refractivity contribution in [1.29, 1.82) is 0 Å². The van der Waals surface area contributed by atoms with E-state index in [1.54, 1.807) is 40.5 Å². The summed E-state index contributed by atoms with van der Waals surface area (Å²) >= 11 is 1.55. The Kier molecular flexibility index (Phi) is 5.98. The average Bonchev–Trinajstić information content (AvgIpc) is 3.44. The number of benzene rings is 1. The molecule has 10 heteroatoms. The summed E-state index contributed by atoms with van der Waals surface area (Å²) in [4.78, 5) is 18.8. The molecule has 0 radical (unpaired) electrons. The molecule has 0 spiro atoms. The summed E-state index contributed by atoms with van der Waals surface area (Å²) < 4.78 is 32.2. The number of hydrogen-bond acceptors (Lipinski definition) is 7. The summed E-state index contributed by atoms with van der Waals surface area (Å²) in [7, 11) is -3.54. The molecule has 30 heavy (non-hydrogen) atoms. The highest BCUT2D eigenvalue weighted by molar-refractivity contribution is 7.89. The van der Waals surface area contributed by atoms with Gasteiger partial charge in [-0.05, 0) is 30.5 Å². The molecule has 1 aliphatic heterocycles. The van der Waals surface area contributed by atoms with E-state index in [2.05, 4.69) is 10.1 Å². The normalized spacial score (nSPS) is 15.4. The van der Waals surface area contributed by atoms with E-state index < -0.39 is 10.0 Å². The molecule has 1 saturated heterocycles. The molecule has 2 aromatic heterocycles. The molecule has 3 heterocycles. The minimum Gasteiger partial charge on any atom is -0.340 e. The van der Waals surface area contributed by atoms with E-state index in [1.807, 2.05) is 23.8 Å². The van der Waals surface area contributed by atoms with Crippen LogP contribution in [0.3, 0.4) is 0 Å². The maximum atomic E-state index is 12.8. The first-order chi connectivity index (χ1) is 14.4. The second-order valence-corrected chi connectivity index (χ2v) is 9.84. The van der Waals surface area contributed by atoms with Gasteiger partial charge in [-0.25, -0.2) is 8.42 Å². The number of nitrogens with zero attached hydrogens (tertiary/aromatic N) is 4. The van der Waals surface area contributed by atoms with Crippen molar-refractivity contribution in [2.75, 3.05) is 26.2 Å². The van der Waals surface area contributed by atoms with E-state index in [0.29, 0.717) is 31.2 Å². The predicted octanol–water partition coefficient (Wildman–Crippen LogP) is 2.57. The monoisotopic (exact) mass is 446 g/mol. The molecule has 0 atom stereocenters. The Morgan fingerprint density at radius 3 is 2.53 bits per heavy atom. The summed E-state index contributed by atoms with van der Waals surface area (Å²) in [5.74, 6) is 0.899. The van der Waals surface area contributed by atoms with Crippen LogP contribution in [0.2, 0.25) is 0 Å². The van der Waals surface area contributed by atoms with Crippen molar-refractivity contribution in [2.24, 2.45) is 0 Å². The maximum absolute atomic E-state index is 12.8. The van der Waals surface area contributed by atoms with Crippen molar-refractivity contribution in [3.05, 3.63) is 52.5 Å². The van der Waals surface area contributed by atoms with Gasteiger partial charge in [0.25, 0.3) is 0 Å². The molecule has 0 aliphatic carbocycles. The lowest BCUT2D eigenvalue weighted by molar-refractivity contribution is -0.132. The second kappa shape index (κ2) is 8.66. The number of aromatic nitrogens is 2. The van der Waals surface area contributed by atoms with Gasteiger partial charge in [0.2, 0.25) is 27.6 Å². The molecule has 0 saturated carbocycles. The van der Waals surface area contributed by atoms with Crippen LogP contribution in [-0.2, 0) is 21.2 Å². The van der Waals surface area contributed by atoms with E-state index in [-0.39, 0.29) is 30.3 Å². The van der Waals surface area contributed by atoms with Gasteiger partial charge >= 0.3 is 0 Å². The Hall–Kier alpha value is -2.56. The summed E-state index contributed by atoms with van der Waals surface area (Å²) in [6, 6.07) is 8.73. The Bertz CT molecular complexity index is 1100. The SMILES string of the molecule is Cc1ccc(S(=O)(=O)N2CCN(C(=O)CCc3nc(-c4ccsc4)no3)CC2)cc1. The van der Waals surface area contributed by atoms with Crippen LogP contribution in [0.5, 0.6) is 0 Å². The first-order valence-corrected chi connectivity index (χ1v) is 12.0. The Morgan fingerprint density at radius 1 is 1.13 bits per heavy atom. The molecule has 1 aliphatic rings. The second-order valence-electron chi connectivity index (χ2n) is 7.12. The van der Waals surface area contributed by atoms with E-state index in [1.165, 1.54) is 4.31 Å². The molecular weight excluding hydrogens is 424 g/mol. The number of carbonyl (C=O) groups excluding carboxylic acids is 1. The molecule has 0 bridgehead atoms. The van der Waals surface area contributed by atoms with Gasteiger partial charge in [-0.1, -0.05) is 22.9 Å². The van der Waals surface area contributed by atoms with Crippen LogP contribution in [0.1, 0.15) is 17.9 Å². The van der Waals surface area contributed by atoms with Crippen molar-refractivity contribution in [3.63, 3.8) is 0 Å². The summed E-state index contributed by atoms with van der Waals surface area (Å²) in [6.07, 6.45) is 0.605. The first kappa shape index (κ1) is 20.7. The average molecular weight is 447 g/mol. The first-order valence-electron chi connectivity index (χ1n) is 9.63. The minimum atomic E-state index is -3.54. The van der Waals surface area contributed by atoms with Gasteiger partial charge in [0.15, 0.2) is 0 Å². The quantitative estimate of drug-likeness (QED) is 0.577. The fraction of sp³-hybridized carbons (Fsp3) is 0.350. The van der Waals surface area contributed by atoms with Gasteiger partial charge in [0.05, 0.1) is 4.90 Å².